The van der Waals surface area contributed by atoms with Crippen LogP contribution in [-0.4, -0.2) is 194 Å². The van der Waals surface area contributed by atoms with Crippen LogP contribution < -0.4 is 25.3 Å². The molecule has 2 amide bonds. The number of piperidine rings is 3. The highest BCUT2D eigenvalue weighted by molar-refractivity contribution is 5.85. The van der Waals surface area contributed by atoms with Crippen molar-refractivity contribution in [2.24, 2.45) is 0 Å². The SMILES string of the molecule is CC(C)(C)OC(=O)N1CCC(=O)CC1.CC(C)(C)OC(=O)N1CCC(N2CCN(c3cccc(-c4ccc5c(c4)C(C)(C)CCC5(C)C)n3)CC2)CC1.CC1(C)CCC(C)(C)c2cc(-c3cccc(N4CCN(C5CCNCC5)CC4)n3)ccc21.CC1(C)CCC(C)(C)c2cc(-c3cccc(N4CCNCC4)n3)ccc21.Cl. The van der Waals surface area contributed by atoms with E-state index in [4.69, 9.17) is 24.4 Å². The Morgan fingerprint density at radius 1 is 0.366 bits per heavy atom. The van der Waals surface area contributed by atoms with Gasteiger partial charge in [0.05, 0.1) is 17.1 Å². The number of ketones is 1. The van der Waals surface area contributed by atoms with Gasteiger partial charge in [0.15, 0.2) is 0 Å². The summed E-state index contributed by atoms with van der Waals surface area (Å²) in [6, 6.07) is 41.9. The monoisotopic (exact) mass is 1550 g/mol. The maximum atomic E-state index is 12.4. The highest BCUT2D eigenvalue weighted by atomic mass is 35.5. The van der Waals surface area contributed by atoms with E-state index in [9.17, 15) is 14.4 Å². The Morgan fingerprint density at radius 2 is 0.661 bits per heavy atom. The van der Waals surface area contributed by atoms with Gasteiger partial charge >= 0.3 is 12.2 Å². The quantitative estimate of drug-likeness (QED) is 0.148. The van der Waals surface area contributed by atoms with Crippen molar-refractivity contribution in [3.8, 4) is 33.8 Å². The molecule has 112 heavy (non-hydrogen) atoms. The van der Waals surface area contributed by atoms with E-state index in [-0.39, 0.29) is 62.9 Å². The lowest BCUT2D eigenvalue weighted by Gasteiger charge is -2.43. The number of fused-ring (bicyclic) bond motifs is 3. The van der Waals surface area contributed by atoms with Gasteiger partial charge in [-0.25, -0.2) is 24.5 Å². The van der Waals surface area contributed by atoms with E-state index in [1.54, 1.807) is 4.90 Å². The molecule has 17 nitrogen and oxygen atoms in total. The topological polar surface area (TPSA) is 155 Å². The van der Waals surface area contributed by atoms with Crippen LogP contribution in [0.5, 0.6) is 0 Å². The van der Waals surface area contributed by atoms with Crippen LogP contribution in [0.4, 0.5) is 27.0 Å². The summed E-state index contributed by atoms with van der Waals surface area (Å²) < 4.78 is 10.8. The molecule has 6 fully saturated rings. The molecule has 0 radical (unpaired) electrons. The van der Waals surface area contributed by atoms with E-state index < -0.39 is 11.2 Å². The van der Waals surface area contributed by atoms with Crippen molar-refractivity contribution in [2.45, 2.75) is 257 Å². The minimum atomic E-state index is -0.460. The molecule has 6 aliphatic heterocycles. The van der Waals surface area contributed by atoms with Crippen molar-refractivity contribution in [1.29, 1.82) is 0 Å². The molecule has 3 aliphatic carbocycles. The van der Waals surface area contributed by atoms with Crippen molar-refractivity contribution >= 4 is 47.8 Å². The normalized spacial score (nSPS) is 21.6. The Balaban J connectivity index is 0.000000154. The summed E-state index contributed by atoms with van der Waals surface area (Å²) in [4.78, 5) is 66.2. The Hall–Kier alpha value is -7.15. The third-order valence-electron chi connectivity index (χ3n) is 25.8. The number of pyridine rings is 3. The van der Waals surface area contributed by atoms with E-state index >= 15 is 0 Å². The maximum Gasteiger partial charge on any atom is 0.410 e. The van der Waals surface area contributed by atoms with Gasteiger partial charge in [-0.05, 0) is 239 Å². The van der Waals surface area contributed by atoms with Crippen LogP contribution in [0, 0.1) is 0 Å². The summed E-state index contributed by atoms with van der Waals surface area (Å²) in [6.07, 6.45) is 12.5. The molecule has 0 bridgehead atoms. The fraction of sp³-hybridized carbons (Fsp3) is 0.617. The summed E-state index contributed by atoms with van der Waals surface area (Å²) in [5, 5.41) is 6.90. The fourth-order valence-corrected chi connectivity index (χ4v) is 18.2. The van der Waals surface area contributed by atoms with Gasteiger partial charge in [-0.1, -0.05) is 138 Å². The smallest absolute Gasteiger partial charge is 0.410 e. The van der Waals surface area contributed by atoms with Gasteiger partial charge in [0.2, 0.25) is 0 Å². The number of ether oxygens (including phenoxy) is 2. The molecule has 0 spiro atoms. The molecular formula is C94H137ClN12O5. The predicted molar refractivity (Wildman–Crippen MR) is 464 cm³/mol. The third-order valence-corrected chi connectivity index (χ3v) is 25.8. The second-order valence-corrected chi connectivity index (χ2v) is 39.2. The molecule has 2 N–H and O–H groups in total. The number of piperazine rings is 3. The first-order valence-corrected chi connectivity index (χ1v) is 42.4. The average Bonchev–Trinajstić information content (AvgIpc) is 0.761. The number of likely N-dealkylation sites (tertiary alicyclic amines) is 2. The van der Waals surface area contributed by atoms with Gasteiger partial charge in [-0.2, -0.15) is 0 Å². The number of Topliss-reactive ketones (excluding diaryl/α,β-unsaturated/α-hetero) is 1. The number of carbonyl (C=O) groups is 3. The largest absolute Gasteiger partial charge is 0.444 e. The molecule has 6 aromatic rings. The lowest BCUT2D eigenvalue weighted by molar-refractivity contribution is -0.121. The molecule has 0 atom stereocenters. The van der Waals surface area contributed by atoms with Gasteiger partial charge in [-0.3, -0.25) is 14.6 Å². The second-order valence-electron chi connectivity index (χ2n) is 39.2. The number of nitrogens with one attached hydrogen (secondary N) is 2. The molecule has 9 aliphatic rings. The van der Waals surface area contributed by atoms with Gasteiger partial charge in [0.1, 0.15) is 34.4 Å². The zero-order valence-electron chi connectivity index (χ0n) is 71.7. The predicted octanol–water partition coefficient (Wildman–Crippen LogP) is 18.1. The van der Waals surface area contributed by atoms with Crippen molar-refractivity contribution in [3.63, 3.8) is 0 Å². The van der Waals surface area contributed by atoms with Crippen molar-refractivity contribution in [1.82, 2.24) is 45.2 Å². The number of amides is 2. The number of hydrogen-bond acceptors (Lipinski definition) is 15. The van der Waals surface area contributed by atoms with Crippen LogP contribution in [-0.2, 0) is 46.8 Å². The van der Waals surface area contributed by atoms with Crippen molar-refractivity contribution in [2.75, 3.05) is 133 Å². The maximum absolute atomic E-state index is 12.4. The molecule has 0 saturated carbocycles. The zero-order valence-corrected chi connectivity index (χ0v) is 72.5. The van der Waals surface area contributed by atoms with Gasteiger partial charge in [-0.15, -0.1) is 12.4 Å². The highest BCUT2D eigenvalue weighted by Crippen LogP contribution is 2.50. The number of halogens is 1. The first-order valence-electron chi connectivity index (χ1n) is 42.4. The highest BCUT2D eigenvalue weighted by Gasteiger charge is 2.41. The van der Waals surface area contributed by atoms with E-state index in [1.807, 2.05) is 46.4 Å². The number of carbonyl (C=O) groups excluding carboxylic acids is 3. The first-order chi connectivity index (χ1) is 52.4. The average molecular weight is 1550 g/mol. The minimum Gasteiger partial charge on any atom is -0.444 e. The summed E-state index contributed by atoms with van der Waals surface area (Å²) in [7, 11) is 0. The van der Waals surface area contributed by atoms with Crippen LogP contribution in [0.25, 0.3) is 33.8 Å². The Morgan fingerprint density at radius 3 is 0.991 bits per heavy atom. The second kappa shape index (κ2) is 35.1. The first kappa shape index (κ1) is 85.7. The number of rotatable bonds is 8. The fourth-order valence-electron chi connectivity index (χ4n) is 18.2. The third kappa shape index (κ3) is 21.1. The Bertz CT molecular complexity index is 4180. The zero-order chi connectivity index (χ0) is 79.5. The number of nitrogens with zero attached hydrogens (tertiary/aromatic N) is 10. The molecule has 15 rings (SSSR count). The molecule has 18 heteroatoms. The van der Waals surface area contributed by atoms with E-state index in [2.05, 4.69) is 227 Å². The molecule has 610 valence electrons. The number of benzene rings is 3. The van der Waals surface area contributed by atoms with Gasteiger partial charge < -0.3 is 44.6 Å². The molecular weight excluding hydrogens is 1410 g/mol. The van der Waals surface area contributed by atoms with Crippen molar-refractivity contribution in [3.05, 3.63) is 143 Å². The van der Waals surface area contributed by atoms with Crippen LogP contribution in [0.15, 0.2) is 109 Å². The van der Waals surface area contributed by atoms with Crippen LogP contribution in [0.2, 0.25) is 0 Å². The molecule has 0 unspecified atom stereocenters. The van der Waals surface area contributed by atoms with E-state index in [1.165, 1.54) is 115 Å². The lowest BCUT2D eigenvalue weighted by atomic mass is 9.63. The molecule has 9 heterocycles. The minimum absolute atomic E-state index is 0. The summed E-state index contributed by atoms with van der Waals surface area (Å²) in [6.45, 7) is 57.4. The Labute approximate surface area is 679 Å². The number of hydrogen-bond donors (Lipinski definition) is 2. The molecule has 6 saturated heterocycles. The van der Waals surface area contributed by atoms with Gasteiger partial charge in [0.25, 0.3) is 0 Å². The number of aromatic nitrogens is 3. The van der Waals surface area contributed by atoms with Crippen LogP contribution in [0.1, 0.15) is 235 Å². The van der Waals surface area contributed by atoms with Crippen LogP contribution >= 0.6 is 12.4 Å². The van der Waals surface area contributed by atoms with Crippen molar-refractivity contribution < 1.29 is 23.9 Å². The van der Waals surface area contributed by atoms with Gasteiger partial charge in [0, 0.05) is 146 Å². The van der Waals surface area contributed by atoms with E-state index in [0.717, 1.165) is 145 Å². The van der Waals surface area contributed by atoms with E-state index in [0.29, 0.717) is 32.0 Å². The standard InChI is InChI=1S/C33H48N4O2.C28H40N4.C23H31N3.C10H17NO3.ClH/c1-31(2,3)39-30(38)37-17-13-25(14-18-37)35-19-21-36(22-20-35)29-10-8-9-28(34-29)24-11-12-26-27(23-24)33(6,7)16-15-32(26,4)5;1-27(2)12-13-28(3,4)24-20-21(8-9-23(24)27)25-6-5-7-26(30-25)32-18-16-31(17-19-32)22-10-14-29-15-11-22;1-22(2)10-11-23(3,4)19-16-17(8-9-18(19)22)20-6-5-7-21(25-20)26-14-12-24-13-15-26;1-10(2,3)14-9(13)11-6-4-8(12)5-7-11;/h8-12,23,25H,13-22H2,1-7H3;5-9,20,22,29H,10-19H2,1-4H3;5-9,16,24H,10-15H2,1-4H3;4-7H2,1-3H3;1H. The van der Waals surface area contributed by atoms with Crippen LogP contribution in [0.3, 0.4) is 0 Å². The summed E-state index contributed by atoms with van der Waals surface area (Å²) in [5.41, 5.74) is 16.5. The summed E-state index contributed by atoms with van der Waals surface area (Å²) >= 11 is 0. The summed E-state index contributed by atoms with van der Waals surface area (Å²) in [5.74, 6) is 3.53. The molecule has 3 aromatic heterocycles. The number of anilines is 3. The molecule has 3 aromatic carbocycles. The Kier molecular flexibility index (Phi) is 26.9. The lowest BCUT2D eigenvalue weighted by Crippen LogP contribution is -2.54.